The second-order valence-corrected chi connectivity index (χ2v) is 4.85. The van der Waals surface area contributed by atoms with Crippen LogP contribution in [0.1, 0.15) is 47.5 Å². The van der Waals surface area contributed by atoms with Gasteiger partial charge in [0.05, 0.1) is 0 Å². The van der Waals surface area contributed by atoms with Crippen molar-refractivity contribution in [2.24, 2.45) is 17.8 Å². The monoisotopic (exact) mass is 199 g/mol. The van der Waals surface area contributed by atoms with Crippen molar-refractivity contribution in [3.05, 3.63) is 0 Å². The van der Waals surface area contributed by atoms with Crippen LogP contribution >= 0.6 is 0 Å². The fourth-order valence-corrected chi connectivity index (χ4v) is 2.27. The van der Waals surface area contributed by atoms with Gasteiger partial charge in [-0.2, -0.15) is 0 Å². The van der Waals surface area contributed by atoms with Crippen LogP contribution in [0.3, 0.4) is 0 Å². The molecule has 1 fully saturated rings. The summed E-state index contributed by atoms with van der Waals surface area (Å²) in [6, 6.07) is 0. The van der Waals surface area contributed by atoms with Gasteiger partial charge in [-0.15, -0.1) is 0 Å². The van der Waals surface area contributed by atoms with Gasteiger partial charge in [0.25, 0.3) is 0 Å². The van der Waals surface area contributed by atoms with Crippen molar-refractivity contribution in [1.29, 1.82) is 0 Å². The van der Waals surface area contributed by atoms with Crippen molar-refractivity contribution >= 4 is 0 Å². The number of nitrogens with zero attached hydrogens (tertiary/aromatic N) is 1. The first-order valence-corrected chi connectivity index (χ1v) is 6.28. The van der Waals surface area contributed by atoms with E-state index in [4.69, 9.17) is 0 Å². The maximum atomic E-state index is 2.48. The summed E-state index contributed by atoms with van der Waals surface area (Å²) in [6.07, 6.45) is 2.79. The van der Waals surface area contributed by atoms with Crippen LogP contribution in [-0.2, 0) is 0 Å². The highest BCUT2D eigenvalue weighted by Gasteiger charge is 2.19. The molecule has 1 aliphatic heterocycles. The van der Waals surface area contributed by atoms with Gasteiger partial charge in [0.15, 0.2) is 0 Å². The highest BCUT2D eigenvalue weighted by Crippen LogP contribution is 2.25. The molecule has 0 aromatic rings. The van der Waals surface area contributed by atoms with Gasteiger partial charge >= 0.3 is 0 Å². The van der Waals surface area contributed by atoms with E-state index in [2.05, 4.69) is 32.7 Å². The molecule has 3 unspecified atom stereocenters. The molecular formula is C13H29N. The molecule has 0 amide bonds. The largest absolute Gasteiger partial charge is 0.306 e. The molecule has 0 aromatic carbocycles. The lowest BCUT2D eigenvalue weighted by atomic mass is 9.84. The van der Waals surface area contributed by atoms with Crippen LogP contribution in [0.4, 0.5) is 0 Å². The molecule has 0 bridgehead atoms. The molecule has 14 heavy (non-hydrogen) atoms. The molecule has 1 rings (SSSR count). The second kappa shape index (κ2) is 7.28. The van der Waals surface area contributed by atoms with E-state index < -0.39 is 0 Å². The lowest BCUT2D eigenvalue weighted by Crippen LogP contribution is -2.31. The molecule has 0 radical (unpaired) electrons. The lowest BCUT2D eigenvalue weighted by Gasteiger charge is -2.31. The van der Waals surface area contributed by atoms with E-state index in [1.165, 1.54) is 25.9 Å². The zero-order valence-electron chi connectivity index (χ0n) is 11.0. The van der Waals surface area contributed by atoms with Crippen LogP contribution in [0, 0.1) is 17.8 Å². The zero-order valence-corrected chi connectivity index (χ0v) is 11.0. The lowest BCUT2D eigenvalue weighted by molar-refractivity contribution is 0.181. The van der Waals surface area contributed by atoms with Crippen LogP contribution in [0.2, 0.25) is 0 Å². The SMILES string of the molecule is CC.CC1CC(C)C(C)CCN(C)C1. The number of likely N-dealkylation sites (tertiary alicyclic amines) is 1. The minimum Gasteiger partial charge on any atom is -0.306 e. The number of hydrogen-bond acceptors (Lipinski definition) is 1. The molecular weight excluding hydrogens is 170 g/mol. The molecule has 0 aliphatic carbocycles. The van der Waals surface area contributed by atoms with Gasteiger partial charge < -0.3 is 4.90 Å². The first-order chi connectivity index (χ1) is 6.59. The van der Waals surface area contributed by atoms with Crippen LogP contribution in [0.5, 0.6) is 0 Å². The minimum absolute atomic E-state index is 0.882. The average molecular weight is 199 g/mol. The Labute approximate surface area is 90.9 Å². The Morgan fingerprint density at radius 1 is 1.00 bits per heavy atom. The third-order valence-corrected chi connectivity index (χ3v) is 3.34. The third-order valence-electron chi connectivity index (χ3n) is 3.34. The van der Waals surface area contributed by atoms with E-state index in [1.54, 1.807) is 0 Å². The second-order valence-electron chi connectivity index (χ2n) is 4.85. The maximum absolute atomic E-state index is 2.48. The Morgan fingerprint density at radius 3 is 2.14 bits per heavy atom. The Balaban J connectivity index is 0.000000791. The van der Waals surface area contributed by atoms with Crippen molar-refractivity contribution in [1.82, 2.24) is 4.90 Å². The van der Waals surface area contributed by atoms with E-state index in [9.17, 15) is 0 Å². The normalized spacial score (nSPS) is 35.1. The molecule has 1 aliphatic rings. The summed E-state index contributed by atoms with van der Waals surface area (Å²) in [7, 11) is 2.25. The van der Waals surface area contributed by atoms with Gasteiger partial charge in [-0.05, 0) is 44.2 Å². The van der Waals surface area contributed by atoms with Gasteiger partial charge in [0.1, 0.15) is 0 Å². The fourth-order valence-electron chi connectivity index (χ4n) is 2.27. The smallest absolute Gasteiger partial charge is 0.000407 e. The molecule has 0 aromatic heterocycles. The van der Waals surface area contributed by atoms with Gasteiger partial charge in [0, 0.05) is 6.54 Å². The van der Waals surface area contributed by atoms with Crippen molar-refractivity contribution in [3.8, 4) is 0 Å². The van der Waals surface area contributed by atoms with Crippen molar-refractivity contribution < 1.29 is 0 Å². The summed E-state index contributed by atoms with van der Waals surface area (Å²) >= 11 is 0. The minimum atomic E-state index is 0.882. The Kier molecular flexibility index (Phi) is 7.26. The maximum Gasteiger partial charge on any atom is 0.000407 e. The van der Waals surface area contributed by atoms with Crippen molar-refractivity contribution in [2.45, 2.75) is 47.5 Å². The third kappa shape index (κ3) is 4.99. The summed E-state index contributed by atoms with van der Waals surface area (Å²) in [6.45, 7) is 13.8. The first kappa shape index (κ1) is 14.0. The average Bonchev–Trinajstić information content (AvgIpc) is 2.15. The predicted molar refractivity (Wildman–Crippen MR) is 65.6 cm³/mol. The van der Waals surface area contributed by atoms with Gasteiger partial charge in [0.2, 0.25) is 0 Å². The standard InChI is InChI=1S/C11H23N.C2H6/c1-9-7-11(3)10(2)5-6-12(4)8-9;1-2/h9-11H,5-8H2,1-4H3;1-2H3. The molecule has 0 spiro atoms. The summed E-state index contributed by atoms with van der Waals surface area (Å²) in [4.78, 5) is 2.48. The van der Waals surface area contributed by atoms with Gasteiger partial charge in [-0.1, -0.05) is 34.6 Å². The molecule has 1 heterocycles. The molecule has 1 saturated heterocycles. The fraction of sp³-hybridized carbons (Fsp3) is 1.00. The summed E-state index contributed by atoms with van der Waals surface area (Å²) in [5, 5.41) is 0. The summed E-state index contributed by atoms with van der Waals surface area (Å²) in [5.41, 5.74) is 0. The highest BCUT2D eigenvalue weighted by atomic mass is 15.1. The topological polar surface area (TPSA) is 3.24 Å². The molecule has 1 nitrogen and oxygen atoms in total. The van der Waals surface area contributed by atoms with Gasteiger partial charge in [-0.3, -0.25) is 0 Å². The van der Waals surface area contributed by atoms with Crippen molar-refractivity contribution in [2.75, 3.05) is 20.1 Å². The highest BCUT2D eigenvalue weighted by molar-refractivity contribution is 4.72. The van der Waals surface area contributed by atoms with E-state index in [0.29, 0.717) is 0 Å². The van der Waals surface area contributed by atoms with E-state index >= 15 is 0 Å². The molecule has 86 valence electrons. The number of rotatable bonds is 0. The van der Waals surface area contributed by atoms with Crippen LogP contribution in [-0.4, -0.2) is 25.0 Å². The van der Waals surface area contributed by atoms with E-state index in [0.717, 1.165) is 17.8 Å². The summed E-state index contributed by atoms with van der Waals surface area (Å²) < 4.78 is 0. The van der Waals surface area contributed by atoms with E-state index in [-0.39, 0.29) is 0 Å². The van der Waals surface area contributed by atoms with E-state index in [1.807, 2.05) is 13.8 Å². The zero-order chi connectivity index (χ0) is 11.1. The Morgan fingerprint density at radius 2 is 1.57 bits per heavy atom. The van der Waals surface area contributed by atoms with Crippen LogP contribution in [0.15, 0.2) is 0 Å². The number of hydrogen-bond donors (Lipinski definition) is 0. The Hall–Kier alpha value is -0.0400. The molecule has 0 saturated carbocycles. The Bertz CT molecular complexity index is 133. The van der Waals surface area contributed by atoms with Crippen LogP contribution < -0.4 is 0 Å². The van der Waals surface area contributed by atoms with Crippen LogP contribution in [0.25, 0.3) is 0 Å². The predicted octanol–water partition coefficient (Wildman–Crippen LogP) is 3.65. The molecule has 3 atom stereocenters. The molecule has 0 N–H and O–H groups in total. The quantitative estimate of drug-likeness (QED) is 0.575. The first-order valence-electron chi connectivity index (χ1n) is 6.28. The van der Waals surface area contributed by atoms with Gasteiger partial charge in [-0.25, -0.2) is 0 Å². The molecule has 1 heteroatoms. The summed E-state index contributed by atoms with van der Waals surface area (Å²) in [5.74, 6) is 2.72. The van der Waals surface area contributed by atoms with Crippen molar-refractivity contribution in [3.63, 3.8) is 0 Å².